The van der Waals surface area contributed by atoms with Gasteiger partial charge < -0.3 is 10.3 Å². The van der Waals surface area contributed by atoms with Crippen LogP contribution in [0.3, 0.4) is 0 Å². The molecule has 1 aromatic carbocycles. The molecule has 1 aromatic heterocycles. The van der Waals surface area contributed by atoms with E-state index in [9.17, 15) is 18.4 Å². The highest BCUT2D eigenvalue weighted by atomic mass is 19.4. The molecule has 2 heterocycles. The van der Waals surface area contributed by atoms with Gasteiger partial charge in [-0.05, 0) is 30.4 Å². The SMILES string of the molecule is N#Cc1ccccc1C1CCN(c2cnnc(NN)c2C(F)(F)F)CC1. The Bertz CT molecular complexity index is 822. The lowest BCUT2D eigenvalue weighted by atomic mass is 9.86. The molecule has 0 unspecified atom stereocenters. The molecule has 0 amide bonds. The molecule has 3 rings (SSSR count). The Labute approximate surface area is 148 Å². The molecule has 0 bridgehead atoms. The second-order valence-electron chi connectivity index (χ2n) is 6.06. The summed E-state index contributed by atoms with van der Waals surface area (Å²) in [5, 5.41) is 16.3. The first-order chi connectivity index (χ1) is 12.5. The van der Waals surface area contributed by atoms with Crippen molar-refractivity contribution in [2.75, 3.05) is 23.4 Å². The van der Waals surface area contributed by atoms with Crippen LogP contribution in [0, 0.1) is 11.3 Å². The summed E-state index contributed by atoms with van der Waals surface area (Å²) in [5.74, 6) is 4.82. The number of rotatable bonds is 3. The Kier molecular flexibility index (Phi) is 4.95. The van der Waals surface area contributed by atoms with Crippen molar-refractivity contribution in [3.05, 3.63) is 47.2 Å². The Balaban J connectivity index is 1.84. The van der Waals surface area contributed by atoms with E-state index in [2.05, 4.69) is 16.3 Å². The van der Waals surface area contributed by atoms with E-state index in [1.807, 2.05) is 17.6 Å². The fourth-order valence-electron chi connectivity index (χ4n) is 3.38. The molecule has 3 N–H and O–H groups in total. The maximum Gasteiger partial charge on any atom is 0.422 e. The van der Waals surface area contributed by atoms with E-state index in [1.165, 1.54) is 0 Å². The van der Waals surface area contributed by atoms with Crippen molar-refractivity contribution >= 4 is 11.5 Å². The molecule has 136 valence electrons. The van der Waals surface area contributed by atoms with Gasteiger partial charge in [-0.25, -0.2) is 5.84 Å². The summed E-state index contributed by atoms with van der Waals surface area (Å²) >= 11 is 0. The molecule has 9 heteroatoms. The minimum absolute atomic E-state index is 0.0348. The van der Waals surface area contributed by atoms with Gasteiger partial charge in [0.15, 0.2) is 5.82 Å². The number of nitrogen functional groups attached to an aromatic ring is 1. The lowest BCUT2D eigenvalue weighted by Gasteiger charge is -2.35. The van der Waals surface area contributed by atoms with E-state index in [-0.39, 0.29) is 11.6 Å². The zero-order valence-electron chi connectivity index (χ0n) is 13.8. The molecule has 1 fully saturated rings. The van der Waals surface area contributed by atoms with Crippen molar-refractivity contribution in [2.24, 2.45) is 5.84 Å². The maximum atomic E-state index is 13.5. The molecule has 1 saturated heterocycles. The summed E-state index contributed by atoms with van der Waals surface area (Å²) in [6.07, 6.45) is -2.20. The van der Waals surface area contributed by atoms with Crippen molar-refractivity contribution in [3.63, 3.8) is 0 Å². The van der Waals surface area contributed by atoms with Crippen molar-refractivity contribution in [1.82, 2.24) is 10.2 Å². The molecule has 26 heavy (non-hydrogen) atoms. The Morgan fingerprint density at radius 1 is 1.23 bits per heavy atom. The monoisotopic (exact) mass is 362 g/mol. The first kappa shape index (κ1) is 17.9. The van der Waals surface area contributed by atoms with Gasteiger partial charge in [-0.15, -0.1) is 5.10 Å². The van der Waals surface area contributed by atoms with E-state index in [0.717, 1.165) is 11.8 Å². The summed E-state index contributed by atoms with van der Waals surface area (Å²) in [6, 6.07) is 9.52. The van der Waals surface area contributed by atoms with Crippen LogP contribution in [0.25, 0.3) is 0 Å². The van der Waals surface area contributed by atoms with E-state index in [1.54, 1.807) is 17.0 Å². The Hall–Kier alpha value is -2.86. The number of nitrogens with one attached hydrogen (secondary N) is 1. The third kappa shape index (κ3) is 3.41. The Morgan fingerprint density at radius 2 is 1.92 bits per heavy atom. The van der Waals surface area contributed by atoms with E-state index < -0.39 is 17.6 Å². The minimum atomic E-state index is -4.60. The molecule has 6 nitrogen and oxygen atoms in total. The van der Waals surface area contributed by atoms with Crippen LogP contribution in [0.4, 0.5) is 24.7 Å². The van der Waals surface area contributed by atoms with Gasteiger partial charge in [0.05, 0.1) is 23.5 Å². The Morgan fingerprint density at radius 3 is 2.54 bits per heavy atom. The molecular weight excluding hydrogens is 345 g/mol. The normalized spacial score (nSPS) is 15.6. The van der Waals surface area contributed by atoms with Gasteiger partial charge in [0, 0.05) is 13.1 Å². The van der Waals surface area contributed by atoms with E-state index in [4.69, 9.17) is 5.84 Å². The number of anilines is 2. The molecule has 0 aliphatic carbocycles. The van der Waals surface area contributed by atoms with Crippen LogP contribution in [0.5, 0.6) is 0 Å². The van der Waals surface area contributed by atoms with Crippen LogP contribution in [-0.4, -0.2) is 23.3 Å². The second kappa shape index (κ2) is 7.17. The molecule has 0 radical (unpaired) electrons. The summed E-state index contributed by atoms with van der Waals surface area (Å²) in [4.78, 5) is 1.64. The first-order valence-electron chi connectivity index (χ1n) is 8.09. The zero-order chi connectivity index (χ0) is 18.7. The number of nitriles is 1. The zero-order valence-corrected chi connectivity index (χ0v) is 13.8. The molecular formula is C17H17F3N6. The number of nitrogens with two attached hydrogens (primary N) is 1. The number of hydrazine groups is 1. The standard InChI is InChI=1S/C17H17F3N6/c18-17(19,20)15-14(10-23-25-16(15)24-22)26-7-5-11(6-8-26)13-4-2-1-3-12(13)9-21/h1-4,10-11H,5-8,22H2,(H,24,25). The molecule has 2 aromatic rings. The third-order valence-corrected chi connectivity index (χ3v) is 4.61. The summed E-state index contributed by atoms with van der Waals surface area (Å²) in [6.45, 7) is 0.840. The second-order valence-corrected chi connectivity index (χ2v) is 6.06. The third-order valence-electron chi connectivity index (χ3n) is 4.61. The van der Waals surface area contributed by atoms with Crippen LogP contribution in [-0.2, 0) is 6.18 Å². The lowest BCUT2D eigenvalue weighted by Crippen LogP contribution is -2.35. The largest absolute Gasteiger partial charge is 0.422 e. The average Bonchev–Trinajstić information content (AvgIpc) is 2.66. The summed E-state index contributed by atoms with van der Waals surface area (Å²) in [5.41, 5.74) is 2.59. The number of hydrogen-bond donors (Lipinski definition) is 2. The topological polar surface area (TPSA) is 90.9 Å². The predicted molar refractivity (Wildman–Crippen MR) is 90.2 cm³/mol. The number of nitrogens with zero attached hydrogens (tertiary/aromatic N) is 4. The molecule has 1 aliphatic heterocycles. The van der Waals surface area contributed by atoms with Gasteiger partial charge in [0.2, 0.25) is 0 Å². The highest BCUT2D eigenvalue weighted by Gasteiger charge is 2.39. The van der Waals surface area contributed by atoms with Crippen molar-refractivity contribution in [2.45, 2.75) is 24.9 Å². The molecule has 0 atom stereocenters. The molecule has 0 spiro atoms. The van der Waals surface area contributed by atoms with Gasteiger partial charge in [-0.2, -0.15) is 23.5 Å². The number of benzene rings is 1. The smallest absolute Gasteiger partial charge is 0.370 e. The van der Waals surface area contributed by atoms with Crippen molar-refractivity contribution < 1.29 is 13.2 Å². The minimum Gasteiger partial charge on any atom is -0.370 e. The van der Waals surface area contributed by atoms with Crippen molar-refractivity contribution in [3.8, 4) is 6.07 Å². The number of aromatic nitrogens is 2. The van der Waals surface area contributed by atoms with E-state index in [0.29, 0.717) is 31.5 Å². The molecule has 1 aliphatic rings. The van der Waals surface area contributed by atoms with Crippen LogP contribution < -0.4 is 16.2 Å². The maximum absolute atomic E-state index is 13.5. The van der Waals surface area contributed by atoms with Crippen LogP contribution in [0.15, 0.2) is 30.5 Å². The van der Waals surface area contributed by atoms with Gasteiger partial charge in [0.25, 0.3) is 0 Å². The van der Waals surface area contributed by atoms with E-state index >= 15 is 0 Å². The van der Waals surface area contributed by atoms with Crippen LogP contribution in [0.1, 0.15) is 35.4 Å². The fourth-order valence-corrected chi connectivity index (χ4v) is 3.38. The number of piperidine rings is 1. The number of halogens is 3. The average molecular weight is 362 g/mol. The first-order valence-corrected chi connectivity index (χ1v) is 8.09. The highest BCUT2D eigenvalue weighted by molar-refractivity contribution is 5.63. The summed E-state index contributed by atoms with van der Waals surface area (Å²) in [7, 11) is 0. The van der Waals surface area contributed by atoms with Gasteiger partial charge in [-0.1, -0.05) is 18.2 Å². The summed E-state index contributed by atoms with van der Waals surface area (Å²) < 4.78 is 40.4. The van der Waals surface area contributed by atoms with Gasteiger partial charge in [0.1, 0.15) is 5.56 Å². The predicted octanol–water partition coefficient (Wildman–Crippen LogP) is 3.04. The van der Waals surface area contributed by atoms with Crippen LogP contribution >= 0.6 is 0 Å². The number of alkyl halides is 3. The van der Waals surface area contributed by atoms with Crippen molar-refractivity contribution in [1.29, 1.82) is 5.26 Å². The quantitative estimate of drug-likeness (QED) is 0.644. The van der Waals surface area contributed by atoms with Gasteiger partial charge in [-0.3, -0.25) is 0 Å². The van der Waals surface area contributed by atoms with Crippen LogP contribution in [0.2, 0.25) is 0 Å². The number of hydrogen-bond acceptors (Lipinski definition) is 6. The fraction of sp³-hybridized carbons (Fsp3) is 0.353. The lowest BCUT2D eigenvalue weighted by molar-refractivity contribution is -0.136. The highest BCUT2D eigenvalue weighted by Crippen LogP contribution is 2.41. The molecule has 0 saturated carbocycles. The van der Waals surface area contributed by atoms with Gasteiger partial charge >= 0.3 is 6.18 Å².